The van der Waals surface area contributed by atoms with E-state index < -0.39 is 0 Å². The highest BCUT2D eigenvalue weighted by Gasteiger charge is 2.29. The minimum absolute atomic E-state index is 0.309. The number of piperazine rings is 1. The van der Waals surface area contributed by atoms with Gasteiger partial charge in [-0.05, 0) is 61.6 Å². The Bertz CT molecular complexity index is 929. The molecule has 1 aliphatic heterocycles. The van der Waals surface area contributed by atoms with Crippen molar-refractivity contribution >= 4 is 5.91 Å². The van der Waals surface area contributed by atoms with Crippen LogP contribution >= 0.6 is 0 Å². The zero-order valence-corrected chi connectivity index (χ0v) is 20.3. The number of aryl methyl sites for hydroxylation is 2. The molecule has 34 heavy (non-hydrogen) atoms. The Labute approximate surface area is 205 Å². The number of carbonyl (C=O) groups excluding carboxylic acids is 1. The highest BCUT2D eigenvalue weighted by molar-refractivity contribution is 5.79. The Balaban J connectivity index is 1.30. The van der Waals surface area contributed by atoms with Crippen molar-refractivity contribution in [3.8, 4) is 0 Å². The molecule has 3 nitrogen and oxygen atoms in total. The molecule has 0 radical (unpaired) electrons. The summed E-state index contributed by atoms with van der Waals surface area (Å²) in [5, 5.41) is 0. The van der Waals surface area contributed by atoms with Crippen LogP contribution in [0, 0.1) is 0 Å². The number of nitrogens with zero attached hydrogens (tertiary/aromatic N) is 2. The molecule has 0 saturated carbocycles. The van der Waals surface area contributed by atoms with E-state index in [1.54, 1.807) is 0 Å². The number of hydrogen-bond acceptors (Lipinski definition) is 2. The molecule has 4 rings (SSSR count). The van der Waals surface area contributed by atoms with Crippen LogP contribution in [0.15, 0.2) is 91.0 Å². The lowest BCUT2D eigenvalue weighted by Gasteiger charge is -2.39. The molecule has 1 aliphatic rings. The third-order valence-corrected chi connectivity index (χ3v) is 7.03. The summed E-state index contributed by atoms with van der Waals surface area (Å²) in [6, 6.07) is 32.4. The normalized spacial score (nSPS) is 14.6. The molecule has 0 atom stereocenters. The predicted molar refractivity (Wildman–Crippen MR) is 141 cm³/mol. The Kier molecular flexibility index (Phi) is 9.33. The highest BCUT2D eigenvalue weighted by atomic mass is 16.2. The van der Waals surface area contributed by atoms with Gasteiger partial charge in [-0.25, -0.2) is 0 Å². The summed E-state index contributed by atoms with van der Waals surface area (Å²) in [4.78, 5) is 17.7. The lowest BCUT2D eigenvalue weighted by atomic mass is 9.97. The molecule has 3 heteroatoms. The number of carbonyl (C=O) groups is 1. The Morgan fingerprint density at radius 1 is 0.618 bits per heavy atom. The van der Waals surface area contributed by atoms with Gasteiger partial charge in [0.25, 0.3) is 0 Å². The predicted octanol–water partition coefficient (Wildman–Crippen LogP) is 5.79. The summed E-state index contributed by atoms with van der Waals surface area (Å²) in [6.45, 7) is 3.35. The molecule has 0 unspecified atom stereocenters. The summed E-state index contributed by atoms with van der Waals surface area (Å²) in [5.74, 6) is 0.309. The first-order valence-electron chi connectivity index (χ1n) is 12.9. The topological polar surface area (TPSA) is 23.6 Å². The molecule has 1 fully saturated rings. The van der Waals surface area contributed by atoms with Crippen molar-refractivity contribution in [1.29, 1.82) is 0 Å². The molecule has 1 amide bonds. The molecule has 178 valence electrons. The minimum atomic E-state index is 0.309. The Morgan fingerprint density at radius 2 is 1.09 bits per heavy atom. The van der Waals surface area contributed by atoms with E-state index in [-0.39, 0.29) is 0 Å². The van der Waals surface area contributed by atoms with Crippen molar-refractivity contribution in [3.05, 3.63) is 108 Å². The molecule has 0 bridgehead atoms. The standard InChI is InChI=1S/C31H38N2O/c34-31-26-32(23-22-29-16-8-3-9-17-29)24-25-33(31)30(20-10-18-27-12-4-1-5-13-27)21-11-19-28-14-6-2-7-15-28/h1-9,12-17,30H,10-11,18-26H2. The maximum absolute atomic E-state index is 13.2. The highest BCUT2D eigenvalue weighted by Crippen LogP contribution is 2.20. The van der Waals surface area contributed by atoms with Crippen LogP contribution in [0.2, 0.25) is 0 Å². The van der Waals surface area contributed by atoms with Crippen LogP contribution in [0.25, 0.3) is 0 Å². The van der Waals surface area contributed by atoms with Crippen LogP contribution < -0.4 is 0 Å². The lowest BCUT2D eigenvalue weighted by molar-refractivity contribution is -0.139. The van der Waals surface area contributed by atoms with E-state index in [0.717, 1.165) is 64.6 Å². The molecule has 3 aromatic rings. The molecule has 0 N–H and O–H groups in total. The molecular weight excluding hydrogens is 416 g/mol. The first-order chi connectivity index (χ1) is 16.8. The van der Waals surface area contributed by atoms with E-state index in [1.165, 1.54) is 16.7 Å². The van der Waals surface area contributed by atoms with Crippen molar-refractivity contribution in [2.24, 2.45) is 0 Å². The van der Waals surface area contributed by atoms with Gasteiger partial charge in [0.1, 0.15) is 0 Å². The van der Waals surface area contributed by atoms with Crippen LogP contribution in [0.3, 0.4) is 0 Å². The Morgan fingerprint density at radius 3 is 1.56 bits per heavy atom. The van der Waals surface area contributed by atoms with E-state index in [1.807, 2.05) is 0 Å². The third kappa shape index (κ3) is 7.56. The van der Waals surface area contributed by atoms with E-state index in [9.17, 15) is 4.79 Å². The quantitative estimate of drug-likeness (QED) is 0.346. The smallest absolute Gasteiger partial charge is 0.237 e. The van der Waals surface area contributed by atoms with Gasteiger partial charge < -0.3 is 4.90 Å². The summed E-state index contributed by atoms with van der Waals surface area (Å²) < 4.78 is 0. The fraction of sp³-hybridized carbons (Fsp3) is 0.387. The van der Waals surface area contributed by atoms with Gasteiger partial charge >= 0.3 is 0 Å². The van der Waals surface area contributed by atoms with Gasteiger partial charge in [-0.1, -0.05) is 91.0 Å². The number of benzene rings is 3. The molecule has 0 spiro atoms. The maximum atomic E-state index is 13.2. The number of hydrogen-bond donors (Lipinski definition) is 0. The van der Waals surface area contributed by atoms with E-state index in [4.69, 9.17) is 0 Å². The lowest BCUT2D eigenvalue weighted by Crippen LogP contribution is -2.54. The summed E-state index contributed by atoms with van der Waals surface area (Å²) in [5.41, 5.74) is 4.13. The van der Waals surface area contributed by atoms with Crippen molar-refractivity contribution in [1.82, 2.24) is 9.80 Å². The monoisotopic (exact) mass is 454 g/mol. The molecular formula is C31H38N2O. The van der Waals surface area contributed by atoms with Crippen LogP contribution in [0.4, 0.5) is 0 Å². The second-order valence-corrected chi connectivity index (χ2v) is 9.51. The first kappa shape index (κ1) is 24.2. The van der Waals surface area contributed by atoms with Gasteiger partial charge in [-0.2, -0.15) is 0 Å². The summed E-state index contributed by atoms with van der Waals surface area (Å²) in [6.07, 6.45) is 7.59. The summed E-state index contributed by atoms with van der Waals surface area (Å²) >= 11 is 0. The fourth-order valence-corrected chi connectivity index (χ4v) is 5.07. The summed E-state index contributed by atoms with van der Waals surface area (Å²) in [7, 11) is 0. The average Bonchev–Trinajstić information content (AvgIpc) is 2.89. The van der Waals surface area contributed by atoms with E-state index >= 15 is 0 Å². The van der Waals surface area contributed by atoms with Gasteiger partial charge in [0.05, 0.1) is 6.54 Å². The second kappa shape index (κ2) is 13.1. The molecule has 3 aromatic carbocycles. The SMILES string of the molecule is O=C1CN(CCc2ccccc2)CCN1C(CCCc1ccccc1)CCCc1ccccc1. The van der Waals surface area contributed by atoms with Crippen LogP contribution in [-0.4, -0.2) is 47.9 Å². The van der Waals surface area contributed by atoms with Crippen molar-refractivity contribution in [2.45, 2.75) is 51.0 Å². The Hall–Kier alpha value is -2.91. The largest absolute Gasteiger partial charge is 0.337 e. The maximum Gasteiger partial charge on any atom is 0.237 e. The molecule has 1 heterocycles. The van der Waals surface area contributed by atoms with Crippen LogP contribution in [0.5, 0.6) is 0 Å². The number of amides is 1. The molecule has 1 saturated heterocycles. The first-order valence-corrected chi connectivity index (χ1v) is 12.9. The van der Waals surface area contributed by atoms with Crippen molar-refractivity contribution in [2.75, 3.05) is 26.2 Å². The van der Waals surface area contributed by atoms with Crippen molar-refractivity contribution < 1.29 is 4.79 Å². The van der Waals surface area contributed by atoms with Crippen LogP contribution in [0.1, 0.15) is 42.4 Å². The van der Waals surface area contributed by atoms with Crippen molar-refractivity contribution in [3.63, 3.8) is 0 Å². The number of rotatable bonds is 12. The second-order valence-electron chi connectivity index (χ2n) is 9.51. The van der Waals surface area contributed by atoms with E-state index in [0.29, 0.717) is 18.5 Å². The van der Waals surface area contributed by atoms with Gasteiger partial charge in [0, 0.05) is 25.7 Å². The average molecular weight is 455 g/mol. The fourth-order valence-electron chi connectivity index (χ4n) is 5.07. The molecule has 0 aliphatic carbocycles. The minimum Gasteiger partial charge on any atom is -0.337 e. The van der Waals surface area contributed by atoms with Gasteiger partial charge in [-0.3, -0.25) is 9.69 Å². The van der Waals surface area contributed by atoms with Gasteiger partial charge in [0.15, 0.2) is 0 Å². The van der Waals surface area contributed by atoms with Gasteiger partial charge in [-0.15, -0.1) is 0 Å². The molecule has 0 aromatic heterocycles. The zero-order valence-electron chi connectivity index (χ0n) is 20.3. The zero-order chi connectivity index (χ0) is 23.4. The third-order valence-electron chi connectivity index (χ3n) is 7.03. The van der Waals surface area contributed by atoms with Gasteiger partial charge in [0.2, 0.25) is 5.91 Å². The van der Waals surface area contributed by atoms with Crippen LogP contribution in [-0.2, 0) is 24.1 Å². The van der Waals surface area contributed by atoms with E-state index in [2.05, 4.69) is 101 Å².